The Hall–Kier alpha value is -2.50. The molecule has 1 fully saturated rings. The quantitative estimate of drug-likeness (QED) is 0.752. The lowest BCUT2D eigenvalue weighted by atomic mass is 9.89. The van der Waals surface area contributed by atoms with Crippen LogP contribution in [0.5, 0.6) is 5.75 Å². The number of methoxy groups -OCH3 is 1. The molecule has 0 unspecified atom stereocenters. The van der Waals surface area contributed by atoms with Gasteiger partial charge in [-0.3, -0.25) is 4.79 Å². The lowest BCUT2D eigenvalue weighted by Crippen LogP contribution is -2.38. The molecular formula is C18H24N6O4S. The Balaban J connectivity index is 1.49. The minimum Gasteiger partial charge on any atom is -0.497 e. The van der Waals surface area contributed by atoms with Crippen molar-refractivity contribution in [1.82, 2.24) is 23.4 Å². The molecule has 10 nitrogen and oxygen atoms in total. The van der Waals surface area contributed by atoms with Gasteiger partial charge in [-0.25, -0.2) is 0 Å². The second-order valence-corrected chi connectivity index (χ2v) is 9.71. The van der Waals surface area contributed by atoms with Gasteiger partial charge in [0.1, 0.15) is 11.6 Å². The number of anilines is 1. The summed E-state index contributed by atoms with van der Waals surface area (Å²) in [7, 11) is 1.21. The zero-order valence-corrected chi connectivity index (χ0v) is 17.4. The highest BCUT2D eigenvalue weighted by Crippen LogP contribution is 2.34. The van der Waals surface area contributed by atoms with Crippen LogP contribution in [0.3, 0.4) is 0 Å². The van der Waals surface area contributed by atoms with Gasteiger partial charge in [-0.1, -0.05) is 0 Å². The van der Waals surface area contributed by atoms with Gasteiger partial charge in [-0.15, -0.1) is 10.2 Å². The van der Waals surface area contributed by atoms with Gasteiger partial charge in [0.2, 0.25) is 5.82 Å². The Morgan fingerprint density at radius 2 is 1.83 bits per heavy atom. The third-order valence-corrected chi connectivity index (χ3v) is 7.44. The highest BCUT2D eigenvalue weighted by molar-refractivity contribution is 7.86. The summed E-state index contributed by atoms with van der Waals surface area (Å²) in [6, 6.07) is 7.03. The van der Waals surface area contributed by atoms with E-state index in [-0.39, 0.29) is 23.6 Å². The molecule has 1 N–H and O–H groups in total. The Morgan fingerprint density at radius 1 is 1.14 bits per heavy atom. The number of hydrogen-bond donors (Lipinski definition) is 1. The van der Waals surface area contributed by atoms with Crippen LogP contribution in [0.4, 0.5) is 5.69 Å². The molecule has 1 saturated heterocycles. The Labute approximate surface area is 169 Å². The molecule has 0 radical (unpaired) electrons. The number of carbonyl (C=O) groups excluding carboxylic acids is 1. The number of rotatable bonds is 5. The van der Waals surface area contributed by atoms with E-state index in [0.29, 0.717) is 37.5 Å². The molecule has 3 heterocycles. The van der Waals surface area contributed by atoms with Gasteiger partial charge in [0, 0.05) is 45.8 Å². The second kappa shape index (κ2) is 7.39. The molecule has 2 aromatic rings. The maximum Gasteiger partial charge on any atom is 0.293 e. The Bertz CT molecular complexity index is 1020. The number of ether oxygens (including phenoxy) is 1. The lowest BCUT2D eigenvalue weighted by molar-refractivity contribution is 0.100. The van der Waals surface area contributed by atoms with Gasteiger partial charge >= 0.3 is 0 Å². The summed E-state index contributed by atoms with van der Waals surface area (Å²) in [5.74, 6) is 1.62. The molecule has 1 aromatic heterocycles. The summed E-state index contributed by atoms with van der Waals surface area (Å²) in [5.41, 5.74) is 0.631. The molecule has 29 heavy (non-hydrogen) atoms. The predicted octanol–water partition coefficient (Wildman–Crippen LogP) is 0.450. The van der Waals surface area contributed by atoms with Crippen molar-refractivity contribution in [3.63, 3.8) is 0 Å². The number of hydrogen-bond acceptors (Lipinski definition) is 6. The fourth-order valence-electron chi connectivity index (χ4n) is 3.93. The molecule has 2 aliphatic heterocycles. The fourth-order valence-corrected chi connectivity index (χ4v) is 5.15. The Kier molecular flexibility index (Phi) is 5.05. The number of nitrogens with zero attached hydrogens (tertiary/aromatic N) is 5. The molecule has 11 heteroatoms. The van der Waals surface area contributed by atoms with Crippen molar-refractivity contribution >= 4 is 21.8 Å². The summed E-state index contributed by atoms with van der Waals surface area (Å²) in [6.45, 7) is 1.42. The molecule has 2 atom stereocenters. The predicted molar refractivity (Wildman–Crippen MR) is 106 cm³/mol. The topological polar surface area (TPSA) is 110 Å². The van der Waals surface area contributed by atoms with Crippen LogP contribution in [0.15, 0.2) is 24.3 Å². The van der Waals surface area contributed by atoms with E-state index in [9.17, 15) is 13.2 Å². The molecule has 0 aliphatic carbocycles. The van der Waals surface area contributed by atoms with E-state index in [1.54, 1.807) is 31.4 Å². The standard InChI is InChI=1S/C18H24N6O4S/c1-22(2)29(26,27)23-9-12-8-16-20-21-17(24(16)11-13(12)10-23)18(25)19-14-4-6-15(28-3)7-5-14/h4-7,12-13H,8-11H2,1-3H3,(H,19,25)/t12-,13-/m1/s1. The molecule has 1 amide bonds. The maximum atomic E-state index is 12.7. The summed E-state index contributed by atoms with van der Waals surface area (Å²) >= 11 is 0. The van der Waals surface area contributed by atoms with Crippen LogP contribution in [-0.4, -0.2) is 72.0 Å². The smallest absolute Gasteiger partial charge is 0.293 e. The van der Waals surface area contributed by atoms with Crippen molar-refractivity contribution in [3.05, 3.63) is 35.9 Å². The molecule has 0 spiro atoms. The summed E-state index contributed by atoms with van der Waals surface area (Å²) in [4.78, 5) is 12.7. The van der Waals surface area contributed by atoms with Crippen molar-refractivity contribution in [3.8, 4) is 5.75 Å². The van der Waals surface area contributed by atoms with E-state index in [2.05, 4.69) is 15.5 Å². The third kappa shape index (κ3) is 3.61. The van der Waals surface area contributed by atoms with Crippen molar-refractivity contribution in [1.29, 1.82) is 0 Å². The Morgan fingerprint density at radius 3 is 2.48 bits per heavy atom. The minimum atomic E-state index is -3.45. The zero-order valence-electron chi connectivity index (χ0n) is 16.6. The average Bonchev–Trinajstić information content (AvgIpc) is 3.30. The van der Waals surface area contributed by atoms with Crippen molar-refractivity contribution < 1.29 is 17.9 Å². The summed E-state index contributed by atoms with van der Waals surface area (Å²) < 4.78 is 34.6. The van der Waals surface area contributed by atoms with Crippen LogP contribution in [-0.2, 0) is 23.2 Å². The van der Waals surface area contributed by atoms with Crippen LogP contribution in [0.25, 0.3) is 0 Å². The number of amides is 1. The molecule has 156 valence electrons. The van der Waals surface area contributed by atoms with Crippen molar-refractivity contribution in [2.45, 2.75) is 13.0 Å². The van der Waals surface area contributed by atoms with E-state index in [4.69, 9.17) is 4.74 Å². The van der Waals surface area contributed by atoms with E-state index < -0.39 is 10.2 Å². The first-order valence-corrected chi connectivity index (χ1v) is 10.7. The maximum absolute atomic E-state index is 12.7. The largest absolute Gasteiger partial charge is 0.497 e. The van der Waals surface area contributed by atoms with Gasteiger partial charge in [-0.05, 0) is 36.1 Å². The number of carbonyl (C=O) groups is 1. The number of nitrogens with one attached hydrogen (secondary N) is 1. The van der Waals surface area contributed by atoms with Crippen LogP contribution >= 0.6 is 0 Å². The first kappa shape index (κ1) is 19.8. The van der Waals surface area contributed by atoms with Crippen molar-refractivity contribution in [2.24, 2.45) is 11.8 Å². The van der Waals surface area contributed by atoms with Gasteiger partial charge < -0.3 is 14.6 Å². The van der Waals surface area contributed by atoms with Crippen LogP contribution in [0, 0.1) is 11.8 Å². The van der Waals surface area contributed by atoms with Crippen LogP contribution < -0.4 is 10.1 Å². The number of benzene rings is 1. The first-order chi connectivity index (χ1) is 13.8. The van der Waals surface area contributed by atoms with Gasteiger partial charge in [0.15, 0.2) is 0 Å². The fraction of sp³-hybridized carbons (Fsp3) is 0.500. The molecule has 1 aromatic carbocycles. The average molecular weight is 420 g/mol. The van der Waals surface area contributed by atoms with E-state index in [0.717, 1.165) is 5.82 Å². The number of aromatic nitrogens is 3. The molecule has 2 aliphatic rings. The third-order valence-electron chi connectivity index (χ3n) is 5.57. The number of fused-ring (bicyclic) bond motifs is 2. The molecule has 4 rings (SSSR count). The summed E-state index contributed by atoms with van der Waals surface area (Å²) in [6.07, 6.45) is 0.604. The summed E-state index contributed by atoms with van der Waals surface area (Å²) in [5, 5.41) is 11.1. The van der Waals surface area contributed by atoms with Crippen LogP contribution in [0.2, 0.25) is 0 Å². The monoisotopic (exact) mass is 420 g/mol. The molecular weight excluding hydrogens is 396 g/mol. The highest BCUT2D eigenvalue weighted by Gasteiger charge is 2.43. The molecule has 0 saturated carbocycles. The highest BCUT2D eigenvalue weighted by atomic mass is 32.2. The lowest BCUT2D eigenvalue weighted by Gasteiger charge is -2.25. The van der Waals surface area contributed by atoms with E-state index >= 15 is 0 Å². The molecule has 0 bridgehead atoms. The van der Waals surface area contributed by atoms with E-state index in [1.165, 1.54) is 22.7 Å². The van der Waals surface area contributed by atoms with E-state index in [1.807, 2.05) is 4.57 Å². The second-order valence-electron chi connectivity index (χ2n) is 7.56. The van der Waals surface area contributed by atoms with Gasteiger partial charge in [0.25, 0.3) is 16.1 Å². The van der Waals surface area contributed by atoms with Crippen LogP contribution in [0.1, 0.15) is 16.4 Å². The van der Waals surface area contributed by atoms with Crippen molar-refractivity contribution in [2.75, 3.05) is 39.6 Å². The van der Waals surface area contributed by atoms with Gasteiger partial charge in [-0.2, -0.15) is 17.0 Å². The zero-order chi connectivity index (χ0) is 20.8. The normalized spacial score (nSPS) is 21.7. The minimum absolute atomic E-state index is 0.126. The first-order valence-electron chi connectivity index (χ1n) is 9.34. The SMILES string of the molecule is COc1ccc(NC(=O)c2nnc3n2C[C@H]2CN(S(=O)(=O)N(C)C)C[C@H]2C3)cc1. The van der Waals surface area contributed by atoms with Gasteiger partial charge in [0.05, 0.1) is 7.11 Å².